The van der Waals surface area contributed by atoms with Gasteiger partial charge >= 0.3 is 12.6 Å². The molecule has 0 bridgehead atoms. The van der Waals surface area contributed by atoms with E-state index >= 15 is 0 Å². The van der Waals surface area contributed by atoms with Crippen molar-refractivity contribution >= 4 is 6.03 Å². The van der Waals surface area contributed by atoms with Gasteiger partial charge in [-0.2, -0.15) is 8.78 Å². The largest absolute Gasteiger partial charge is 0.435 e. The first kappa shape index (κ1) is 14.9. The fraction of sp³-hybridized carbons (Fsp3) is 0.308. The van der Waals surface area contributed by atoms with Crippen LogP contribution in [0.1, 0.15) is 5.56 Å². The summed E-state index contributed by atoms with van der Waals surface area (Å²) in [7, 11) is 1.64. The lowest BCUT2D eigenvalue weighted by molar-refractivity contribution is -0.0498. The number of amides is 2. The van der Waals surface area contributed by atoms with Gasteiger partial charge < -0.3 is 15.0 Å². The van der Waals surface area contributed by atoms with Crippen LogP contribution in [0.3, 0.4) is 0 Å². The van der Waals surface area contributed by atoms with Gasteiger partial charge in [-0.05, 0) is 17.7 Å². The smallest absolute Gasteiger partial charge is 0.387 e. The third kappa shape index (κ3) is 5.37. The number of halogens is 2. The molecular weight excluding hydrogens is 254 g/mol. The maximum absolute atomic E-state index is 12.0. The Labute approximate surface area is 110 Å². The molecule has 0 aliphatic heterocycles. The van der Waals surface area contributed by atoms with Gasteiger partial charge in [0.25, 0.3) is 0 Å². The molecule has 0 fully saturated rings. The number of benzene rings is 1. The van der Waals surface area contributed by atoms with Crippen LogP contribution in [0.15, 0.2) is 36.9 Å². The van der Waals surface area contributed by atoms with Crippen LogP contribution >= 0.6 is 0 Å². The highest BCUT2D eigenvalue weighted by atomic mass is 19.3. The molecule has 6 heteroatoms. The van der Waals surface area contributed by atoms with Gasteiger partial charge in [-0.1, -0.05) is 18.2 Å². The second-order valence-corrected chi connectivity index (χ2v) is 3.85. The van der Waals surface area contributed by atoms with Gasteiger partial charge in [0.05, 0.1) is 0 Å². The van der Waals surface area contributed by atoms with Crippen LogP contribution in [-0.2, 0) is 6.54 Å². The van der Waals surface area contributed by atoms with E-state index in [0.717, 1.165) is 5.56 Å². The van der Waals surface area contributed by atoms with Crippen LogP contribution in [0, 0.1) is 0 Å². The Hall–Kier alpha value is -2.11. The fourth-order valence-electron chi connectivity index (χ4n) is 1.42. The summed E-state index contributed by atoms with van der Waals surface area (Å²) in [6.45, 7) is 1.43. The lowest BCUT2D eigenvalue weighted by atomic mass is 10.2. The molecule has 0 radical (unpaired) electrons. The number of carbonyl (C=O) groups excluding carboxylic acids is 1. The number of hydrogen-bond acceptors (Lipinski definition) is 2. The molecule has 1 aromatic rings. The predicted molar refractivity (Wildman–Crippen MR) is 68.1 cm³/mol. The Morgan fingerprint density at radius 2 is 2.11 bits per heavy atom. The summed E-state index contributed by atoms with van der Waals surface area (Å²) in [5.74, 6) is 0.0949. The highest BCUT2D eigenvalue weighted by Crippen LogP contribution is 2.15. The second kappa shape index (κ2) is 7.35. The lowest BCUT2D eigenvalue weighted by Gasteiger charge is -2.17. The Bertz CT molecular complexity index is 421. The molecule has 0 saturated heterocycles. The van der Waals surface area contributed by atoms with Crippen molar-refractivity contribution < 1.29 is 18.3 Å². The van der Waals surface area contributed by atoms with E-state index in [0.29, 0.717) is 13.1 Å². The Morgan fingerprint density at radius 3 is 2.63 bits per heavy atom. The molecule has 2 amide bonds. The van der Waals surface area contributed by atoms with E-state index in [1.807, 2.05) is 0 Å². The quantitative estimate of drug-likeness (QED) is 0.807. The Balaban J connectivity index is 2.52. The van der Waals surface area contributed by atoms with Crippen LogP contribution in [0.4, 0.5) is 13.6 Å². The zero-order valence-corrected chi connectivity index (χ0v) is 10.6. The summed E-state index contributed by atoms with van der Waals surface area (Å²) < 4.78 is 28.2. The van der Waals surface area contributed by atoms with Crippen LogP contribution in [-0.4, -0.2) is 31.1 Å². The molecule has 0 spiro atoms. The minimum absolute atomic E-state index is 0.0949. The van der Waals surface area contributed by atoms with E-state index in [4.69, 9.17) is 0 Å². The number of ether oxygens (including phenoxy) is 1. The Morgan fingerprint density at radius 1 is 1.47 bits per heavy atom. The number of alkyl halides is 2. The van der Waals surface area contributed by atoms with E-state index in [-0.39, 0.29) is 11.8 Å². The topological polar surface area (TPSA) is 41.6 Å². The van der Waals surface area contributed by atoms with E-state index < -0.39 is 6.61 Å². The highest BCUT2D eigenvalue weighted by Gasteiger charge is 2.08. The summed E-state index contributed by atoms with van der Waals surface area (Å²) in [6.07, 6.45) is 1.59. The van der Waals surface area contributed by atoms with E-state index in [1.54, 1.807) is 25.3 Å². The molecule has 0 aromatic heterocycles. The van der Waals surface area contributed by atoms with Gasteiger partial charge in [0.2, 0.25) is 0 Å². The molecule has 0 aliphatic rings. The summed E-state index contributed by atoms with van der Waals surface area (Å²) in [4.78, 5) is 13.0. The summed E-state index contributed by atoms with van der Waals surface area (Å²) >= 11 is 0. The SMILES string of the molecule is C=CCNC(=O)N(C)Cc1ccc(OC(F)F)cc1. The van der Waals surface area contributed by atoms with Crippen LogP contribution < -0.4 is 10.1 Å². The summed E-state index contributed by atoms with van der Waals surface area (Å²) in [5.41, 5.74) is 0.817. The van der Waals surface area contributed by atoms with Gasteiger partial charge in [-0.3, -0.25) is 0 Å². The van der Waals surface area contributed by atoms with Gasteiger partial charge in [-0.15, -0.1) is 6.58 Å². The molecule has 4 nitrogen and oxygen atoms in total. The maximum Gasteiger partial charge on any atom is 0.387 e. The second-order valence-electron chi connectivity index (χ2n) is 3.85. The van der Waals surface area contributed by atoms with Gasteiger partial charge in [0, 0.05) is 20.1 Å². The normalized spacial score (nSPS) is 10.1. The first-order valence-corrected chi connectivity index (χ1v) is 5.66. The molecule has 1 N–H and O–H groups in total. The fourth-order valence-corrected chi connectivity index (χ4v) is 1.42. The van der Waals surface area contributed by atoms with Crippen molar-refractivity contribution in [2.75, 3.05) is 13.6 Å². The molecule has 19 heavy (non-hydrogen) atoms. The van der Waals surface area contributed by atoms with Crippen LogP contribution in [0.25, 0.3) is 0 Å². The molecule has 0 atom stereocenters. The highest BCUT2D eigenvalue weighted by molar-refractivity contribution is 5.73. The molecule has 0 unspecified atom stereocenters. The first-order chi connectivity index (χ1) is 9.02. The number of carbonyl (C=O) groups is 1. The number of urea groups is 1. The minimum atomic E-state index is -2.83. The summed E-state index contributed by atoms with van der Waals surface area (Å²) in [5, 5.41) is 2.63. The molecule has 0 saturated carbocycles. The van der Waals surface area contributed by atoms with Crippen LogP contribution in [0.2, 0.25) is 0 Å². The van der Waals surface area contributed by atoms with E-state index in [2.05, 4.69) is 16.6 Å². The molecule has 0 heterocycles. The van der Waals surface area contributed by atoms with Gasteiger partial charge in [-0.25, -0.2) is 4.79 Å². The number of nitrogens with zero attached hydrogens (tertiary/aromatic N) is 1. The number of hydrogen-bond donors (Lipinski definition) is 1. The predicted octanol–water partition coefficient (Wildman–Crippen LogP) is 2.62. The standard InChI is InChI=1S/C13H16F2N2O2/c1-3-8-16-13(18)17(2)9-10-4-6-11(7-5-10)19-12(14)15/h3-7,12H,1,8-9H2,2H3,(H,16,18). The monoisotopic (exact) mass is 270 g/mol. The van der Waals surface area contributed by atoms with Crippen molar-refractivity contribution in [1.29, 1.82) is 0 Å². The maximum atomic E-state index is 12.0. The van der Waals surface area contributed by atoms with Crippen molar-refractivity contribution in [2.24, 2.45) is 0 Å². The van der Waals surface area contributed by atoms with Crippen LogP contribution in [0.5, 0.6) is 5.75 Å². The minimum Gasteiger partial charge on any atom is -0.435 e. The van der Waals surface area contributed by atoms with E-state index in [1.165, 1.54) is 17.0 Å². The molecule has 1 rings (SSSR count). The van der Waals surface area contributed by atoms with Gasteiger partial charge in [0.15, 0.2) is 0 Å². The van der Waals surface area contributed by atoms with Crippen molar-refractivity contribution in [3.05, 3.63) is 42.5 Å². The van der Waals surface area contributed by atoms with Crippen molar-refractivity contribution in [1.82, 2.24) is 10.2 Å². The first-order valence-electron chi connectivity index (χ1n) is 5.66. The van der Waals surface area contributed by atoms with Crippen molar-refractivity contribution in [2.45, 2.75) is 13.2 Å². The average molecular weight is 270 g/mol. The lowest BCUT2D eigenvalue weighted by Crippen LogP contribution is -2.36. The number of rotatable bonds is 6. The summed E-state index contributed by atoms with van der Waals surface area (Å²) in [6, 6.07) is 5.92. The van der Waals surface area contributed by atoms with Crippen molar-refractivity contribution in [3.63, 3.8) is 0 Å². The van der Waals surface area contributed by atoms with E-state index in [9.17, 15) is 13.6 Å². The molecular formula is C13H16F2N2O2. The number of nitrogens with one attached hydrogen (secondary N) is 1. The third-order valence-electron chi connectivity index (χ3n) is 2.31. The third-order valence-corrected chi connectivity index (χ3v) is 2.31. The zero-order chi connectivity index (χ0) is 14.3. The molecule has 104 valence electrons. The average Bonchev–Trinajstić information content (AvgIpc) is 2.37. The molecule has 1 aromatic carbocycles. The molecule has 0 aliphatic carbocycles. The Kier molecular flexibility index (Phi) is 5.78. The zero-order valence-electron chi connectivity index (χ0n) is 10.6. The van der Waals surface area contributed by atoms with Gasteiger partial charge in [0.1, 0.15) is 5.75 Å². The van der Waals surface area contributed by atoms with Crippen molar-refractivity contribution in [3.8, 4) is 5.75 Å².